The van der Waals surface area contributed by atoms with Crippen molar-refractivity contribution in [3.8, 4) is 0 Å². The summed E-state index contributed by atoms with van der Waals surface area (Å²) >= 11 is 0. The fraction of sp³-hybridized carbons (Fsp3) is 0.600. The van der Waals surface area contributed by atoms with Crippen LogP contribution in [-0.2, 0) is 0 Å². The SMILES string of the molecule is C=C1[B]C(C)(F)C1. The van der Waals surface area contributed by atoms with Crippen molar-refractivity contribution in [1.29, 1.82) is 0 Å². The summed E-state index contributed by atoms with van der Waals surface area (Å²) in [6, 6.07) is 0. The number of hydrogen-bond acceptors (Lipinski definition) is 0. The summed E-state index contributed by atoms with van der Waals surface area (Å²) in [5, 5.41) is 0. The second-order valence-corrected chi connectivity index (χ2v) is 2.26. The van der Waals surface area contributed by atoms with Gasteiger partial charge in [-0.2, -0.15) is 0 Å². The van der Waals surface area contributed by atoms with Crippen LogP contribution >= 0.6 is 0 Å². The third-order valence-electron chi connectivity index (χ3n) is 1.08. The van der Waals surface area contributed by atoms with Gasteiger partial charge in [0.15, 0.2) is 7.28 Å². The second kappa shape index (κ2) is 1.12. The molecule has 0 bridgehead atoms. The molecule has 1 saturated heterocycles. The standard InChI is InChI=1S/C5H7BF/c1-4-3-5(2,7)6-4/h1,3H2,2H3. The summed E-state index contributed by atoms with van der Waals surface area (Å²) in [5.74, 6) is 0. The van der Waals surface area contributed by atoms with Gasteiger partial charge in [0.05, 0.1) is 5.57 Å². The van der Waals surface area contributed by atoms with E-state index in [9.17, 15) is 4.39 Å². The van der Waals surface area contributed by atoms with E-state index in [0.717, 1.165) is 5.47 Å². The topological polar surface area (TPSA) is 0 Å². The molecule has 0 N–H and O–H groups in total. The molecule has 1 fully saturated rings. The summed E-state index contributed by atoms with van der Waals surface area (Å²) in [4.78, 5) is 0. The smallest absolute Gasteiger partial charge is 0.195 e. The monoisotopic (exact) mass is 97.1 g/mol. The van der Waals surface area contributed by atoms with Crippen LogP contribution in [0.5, 0.6) is 0 Å². The summed E-state index contributed by atoms with van der Waals surface area (Å²) in [6.45, 7) is 5.12. The lowest BCUT2D eigenvalue weighted by molar-refractivity contribution is 0.280. The van der Waals surface area contributed by atoms with Gasteiger partial charge >= 0.3 is 0 Å². The van der Waals surface area contributed by atoms with Crippen molar-refractivity contribution in [2.45, 2.75) is 18.9 Å². The van der Waals surface area contributed by atoms with E-state index in [4.69, 9.17) is 0 Å². The second-order valence-electron chi connectivity index (χ2n) is 2.26. The average molecular weight is 96.9 g/mol. The summed E-state index contributed by atoms with van der Waals surface area (Å²) in [6.07, 6.45) is 0.521. The summed E-state index contributed by atoms with van der Waals surface area (Å²) in [7, 11) is 1.55. The molecular weight excluding hydrogens is 89.9 g/mol. The van der Waals surface area contributed by atoms with Crippen LogP contribution in [0.25, 0.3) is 0 Å². The number of rotatable bonds is 0. The van der Waals surface area contributed by atoms with E-state index in [2.05, 4.69) is 6.58 Å². The number of halogens is 1. The highest BCUT2D eigenvalue weighted by atomic mass is 19.1. The van der Waals surface area contributed by atoms with Crippen molar-refractivity contribution in [2.75, 3.05) is 0 Å². The largest absolute Gasteiger partial charge is 0.254 e. The molecule has 1 radical (unpaired) electrons. The Kier molecular flexibility index (Phi) is 0.778. The first-order valence-corrected chi connectivity index (χ1v) is 2.33. The Morgan fingerprint density at radius 2 is 2.43 bits per heavy atom. The minimum atomic E-state index is -1.03. The van der Waals surface area contributed by atoms with Gasteiger partial charge in [-0.1, -0.05) is 0 Å². The Morgan fingerprint density at radius 3 is 2.43 bits per heavy atom. The maximum absolute atomic E-state index is 12.3. The van der Waals surface area contributed by atoms with Gasteiger partial charge in [-0.25, -0.2) is 0 Å². The van der Waals surface area contributed by atoms with Crippen LogP contribution in [0.15, 0.2) is 12.1 Å². The molecule has 1 aliphatic heterocycles. The third kappa shape index (κ3) is 0.844. The Bertz CT molecular complexity index is 96.6. The maximum Gasteiger partial charge on any atom is 0.195 e. The summed E-state index contributed by atoms with van der Waals surface area (Å²) < 4.78 is 12.3. The molecule has 0 nitrogen and oxygen atoms in total. The zero-order valence-electron chi connectivity index (χ0n) is 4.37. The van der Waals surface area contributed by atoms with Crippen molar-refractivity contribution in [3.05, 3.63) is 12.1 Å². The molecule has 1 atom stereocenters. The van der Waals surface area contributed by atoms with E-state index in [1.165, 1.54) is 0 Å². The van der Waals surface area contributed by atoms with Crippen molar-refractivity contribution < 1.29 is 4.39 Å². The fourth-order valence-corrected chi connectivity index (χ4v) is 0.841. The minimum Gasteiger partial charge on any atom is -0.254 e. The molecule has 0 saturated carbocycles. The predicted octanol–water partition coefficient (Wildman–Crippen LogP) is 1.29. The Morgan fingerprint density at radius 1 is 2.00 bits per heavy atom. The van der Waals surface area contributed by atoms with Crippen molar-refractivity contribution in [1.82, 2.24) is 0 Å². The fourth-order valence-electron chi connectivity index (χ4n) is 0.841. The van der Waals surface area contributed by atoms with Gasteiger partial charge in [0.1, 0.15) is 0 Å². The average Bonchev–Trinajstić information content (AvgIpc) is 1.27. The van der Waals surface area contributed by atoms with Crippen LogP contribution in [-0.4, -0.2) is 12.8 Å². The molecule has 0 aromatic rings. The highest BCUT2D eigenvalue weighted by molar-refractivity contribution is 6.53. The molecule has 1 unspecified atom stereocenters. The minimum absolute atomic E-state index is 0.521. The van der Waals surface area contributed by atoms with Gasteiger partial charge in [-0.3, -0.25) is 4.39 Å². The van der Waals surface area contributed by atoms with Gasteiger partial charge in [0.25, 0.3) is 0 Å². The van der Waals surface area contributed by atoms with Gasteiger partial charge in [-0.15, -0.1) is 12.1 Å². The van der Waals surface area contributed by atoms with E-state index in [1.807, 2.05) is 0 Å². The van der Waals surface area contributed by atoms with Crippen LogP contribution < -0.4 is 0 Å². The predicted molar refractivity (Wildman–Crippen MR) is 29.0 cm³/mol. The van der Waals surface area contributed by atoms with Gasteiger partial charge in [0, 0.05) is 0 Å². The highest BCUT2D eigenvalue weighted by Crippen LogP contribution is 2.30. The molecule has 0 aliphatic carbocycles. The first-order valence-electron chi connectivity index (χ1n) is 2.33. The molecule has 2 heteroatoms. The van der Waals surface area contributed by atoms with E-state index >= 15 is 0 Å². The molecule has 1 rings (SSSR count). The molecule has 1 aliphatic rings. The normalized spacial score (nSPS) is 39.4. The molecule has 0 spiro atoms. The number of allylic oxidation sites excluding steroid dienone is 1. The number of hydrogen-bond donors (Lipinski definition) is 0. The maximum atomic E-state index is 12.3. The van der Waals surface area contributed by atoms with Crippen LogP contribution in [0.3, 0.4) is 0 Å². The molecule has 7 heavy (non-hydrogen) atoms. The molecule has 1 heterocycles. The first kappa shape index (κ1) is 4.88. The Balaban J connectivity index is 2.43. The molecular formula is C5H7BF. The molecule has 0 amide bonds. The van der Waals surface area contributed by atoms with Crippen LogP contribution in [0.1, 0.15) is 13.3 Å². The Hall–Kier alpha value is -0.265. The lowest BCUT2D eigenvalue weighted by Crippen LogP contribution is -2.39. The Labute approximate surface area is 43.7 Å². The molecule has 0 aromatic carbocycles. The van der Waals surface area contributed by atoms with Crippen molar-refractivity contribution in [3.63, 3.8) is 0 Å². The highest BCUT2D eigenvalue weighted by Gasteiger charge is 2.35. The number of alkyl halides is 1. The van der Waals surface area contributed by atoms with Crippen molar-refractivity contribution >= 4 is 7.28 Å². The van der Waals surface area contributed by atoms with Gasteiger partial charge in [-0.05, 0) is 13.3 Å². The summed E-state index contributed by atoms with van der Waals surface area (Å²) in [5.41, 5.74) is -0.109. The van der Waals surface area contributed by atoms with E-state index in [1.54, 1.807) is 14.2 Å². The van der Waals surface area contributed by atoms with E-state index in [-0.39, 0.29) is 0 Å². The molecule has 0 aromatic heterocycles. The van der Waals surface area contributed by atoms with Crippen molar-refractivity contribution in [2.24, 2.45) is 0 Å². The van der Waals surface area contributed by atoms with E-state index in [0.29, 0.717) is 6.42 Å². The van der Waals surface area contributed by atoms with E-state index < -0.39 is 5.57 Å². The molecule has 37 valence electrons. The van der Waals surface area contributed by atoms with Crippen LogP contribution in [0.4, 0.5) is 4.39 Å². The van der Waals surface area contributed by atoms with Crippen LogP contribution in [0, 0.1) is 0 Å². The van der Waals surface area contributed by atoms with Crippen LogP contribution in [0.2, 0.25) is 0 Å². The van der Waals surface area contributed by atoms with Gasteiger partial charge in [0.2, 0.25) is 0 Å². The lowest BCUT2D eigenvalue weighted by atomic mass is 9.43. The zero-order chi connectivity index (χ0) is 5.49. The third-order valence-corrected chi connectivity index (χ3v) is 1.08. The first-order chi connectivity index (χ1) is 3.10. The zero-order valence-corrected chi connectivity index (χ0v) is 4.37. The van der Waals surface area contributed by atoms with Gasteiger partial charge < -0.3 is 0 Å². The lowest BCUT2D eigenvalue weighted by Gasteiger charge is -2.30. The quantitative estimate of drug-likeness (QED) is 0.399.